The smallest absolute Gasteiger partial charge is 0.339 e. The SMILES string of the molecule is CC(C)COCCNc1ncc([N+](=O)[O-])cc1C(=O)O. The molecule has 8 nitrogen and oxygen atoms in total. The molecule has 8 heteroatoms. The number of aromatic carboxylic acids is 1. The maximum atomic E-state index is 11.0. The lowest BCUT2D eigenvalue weighted by atomic mass is 10.2. The van der Waals surface area contributed by atoms with E-state index >= 15 is 0 Å². The van der Waals surface area contributed by atoms with Gasteiger partial charge in [-0.2, -0.15) is 0 Å². The molecule has 1 aromatic rings. The van der Waals surface area contributed by atoms with Crippen LogP contribution in [-0.2, 0) is 4.74 Å². The first-order valence-electron chi connectivity index (χ1n) is 6.11. The molecule has 110 valence electrons. The highest BCUT2D eigenvalue weighted by molar-refractivity contribution is 5.93. The highest BCUT2D eigenvalue weighted by atomic mass is 16.6. The molecule has 1 rings (SSSR count). The molecule has 2 N–H and O–H groups in total. The summed E-state index contributed by atoms with van der Waals surface area (Å²) in [6, 6.07) is 0.979. The van der Waals surface area contributed by atoms with E-state index in [2.05, 4.69) is 10.3 Å². The summed E-state index contributed by atoms with van der Waals surface area (Å²) in [6.45, 7) is 5.43. The quantitative estimate of drug-likeness (QED) is 0.424. The minimum Gasteiger partial charge on any atom is -0.478 e. The Kier molecular flexibility index (Phi) is 5.85. The molecular formula is C12H17N3O5. The summed E-state index contributed by atoms with van der Waals surface area (Å²) in [5.41, 5.74) is -0.591. The Balaban J connectivity index is 2.65. The van der Waals surface area contributed by atoms with Gasteiger partial charge < -0.3 is 15.2 Å². The van der Waals surface area contributed by atoms with E-state index in [4.69, 9.17) is 9.84 Å². The standard InChI is InChI=1S/C12H17N3O5/c1-8(2)7-20-4-3-13-11-10(12(16)17)5-9(6-14-11)15(18)19/h5-6,8H,3-4,7H2,1-2H3,(H,13,14)(H,16,17). The number of nitrogens with one attached hydrogen (secondary N) is 1. The third kappa shape index (κ3) is 4.81. The molecule has 0 unspecified atom stereocenters. The van der Waals surface area contributed by atoms with Crippen molar-refractivity contribution in [2.45, 2.75) is 13.8 Å². The molecule has 1 aromatic heterocycles. The van der Waals surface area contributed by atoms with Crippen LogP contribution in [0.15, 0.2) is 12.3 Å². The molecule has 0 aromatic carbocycles. The van der Waals surface area contributed by atoms with Crippen LogP contribution in [0.2, 0.25) is 0 Å². The maximum absolute atomic E-state index is 11.0. The lowest BCUT2D eigenvalue weighted by Crippen LogP contribution is -2.15. The van der Waals surface area contributed by atoms with Gasteiger partial charge in [0.2, 0.25) is 0 Å². The van der Waals surface area contributed by atoms with Crippen molar-refractivity contribution in [1.29, 1.82) is 0 Å². The molecule has 0 aliphatic carbocycles. The van der Waals surface area contributed by atoms with E-state index in [0.29, 0.717) is 25.7 Å². The normalized spacial score (nSPS) is 10.6. The zero-order valence-electron chi connectivity index (χ0n) is 11.3. The lowest BCUT2D eigenvalue weighted by molar-refractivity contribution is -0.385. The van der Waals surface area contributed by atoms with Gasteiger partial charge in [0.15, 0.2) is 0 Å². The van der Waals surface area contributed by atoms with Crippen LogP contribution in [-0.4, -0.2) is 40.7 Å². The predicted octanol–water partition coefficient (Wildman–Crippen LogP) is 1.77. The van der Waals surface area contributed by atoms with Crippen LogP contribution in [0.1, 0.15) is 24.2 Å². The van der Waals surface area contributed by atoms with E-state index in [1.807, 2.05) is 13.8 Å². The van der Waals surface area contributed by atoms with Crippen LogP contribution in [0.4, 0.5) is 11.5 Å². The lowest BCUT2D eigenvalue weighted by Gasteiger charge is -2.10. The van der Waals surface area contributed by atoms with E-state index in [0.717, 1.165) is 12.3 Å². The van der Waals surface area contributed by atoms with Crippen molar-refractivity contribution >= 4 is 17.5 Å². The fourth-order valence-electron chi connectivity index (χ4n) is 1.42. The number of hydrogen-bond donors (Lipinski definition) is 2. The van der Waals surface area contributed by atoms with Gasteiger partial charge in [0.1, 0.15) is 17.6 Å². The number of nitrogens with zero attached hydrogens (tertiary/aromatic N) is 2. The number of aromatic nitrogens is 1. The molecule has 1 heterocycles. The Bertz CT molecular complexity index is 490. The summed E-state index contributed by atoms with van der Waals surface area (Å²) in [7, 11) is 0. The van der Waals surface area contributed by atoms with Crippen LogP contribution in [0, 0.1) is 16.0 Å². The molecule has 20 heavy (non-hydrogen) atoms. The van der Waals surface area contributed by atoms with Crippen molar-refractivity contribution in [2.75, 3.05) is 25.1 Å². The predicted molar refractivity (Wildman–Crippen MR) is 72.0 cm³/mol. The molecular weight excluding hydrogens is 266 g/mol. The van der Waals surface area contributed by atoms with Gasteiger partial charge >= 0.3 is 5.97 Å². The second-order valence-electron chi connectivity index (χ2n) is 4.55. The summed E-state index contributed by atoms with van der Waals surface area (Å²) in [6.07, 6.45) is 1.02. The summed E-state index contributed by atoms with van der Waals surface area (Å²) in [5, 5.41) is 22.4. The number of nitro groups is 1. The van der Waals surface area contributed by atoms with Gasteiger partial charge in [0.25, 0.3) is 5.69 Å². The Hall–Kier alpha value is -2.22. The van der Waals surface area contributed by atoms with Gasteiger partial charge in [-0.1, -0.05) is 13.8 Å². The third-order valence-corrected chi connectivity index (χ3v) is 2.30. The van der Waals surface area contributed by atoms with E-state index in [-0.39, 0.29) is 17.1 Å². The summed E-state index contributed by atoms with van der Waals surface area (Å²) < 4.78 is 5.33. The van der Waals surface area contributed by atoms with E-state index in [1.165, 1.54) is 0 Å². The fraction of sp³-hybridized carbons (Fsp3) is 0.500. The topological polar surface area (TPSA) is 115 Å². The zero-order chi connectivity index (χ0) is 15.1. The van der Waals surface area contributed by atoms with Crippen molar-refractivity contribution in [2.24, 2.45) is 5.92 Å². The Morgan fingerprint density at radius 2 is 2.30 bits per heavy atom. The third-order valence-electron chi connectivity index (χ3n) is 2.30. The number of ether oxygens (including phenoxy) is 1. The molecule has 0 radical (unpaired) electrons. The number of anilines is 1. The fourth-order valence-corrected chi connectivity index (χ4v) is 1.42. The van der Waals surface area contributed by atoms with Crippen LogP contribution in [0.25, 0.3) is 0 Å². The first-order valence-corrected chi connectivity index (χ1v) is 6.11. The molecule has 0 spiro atoms. The van der Waals surface area contributed by atoms with Crippen molar-refractivity contribution in [3.63, 3.8) is 0 Å². The highest BCUT2D eigenvalue weighted by Crippen LogP contribution is 2.18. The van der Waals surface area contributed by atoms with Gasteiger partial charge in [0, 0.05) is 19.2 Å². The first kappa shape index (κ1) is 15.8. The van der Waals surface area contributed by atoms with Crippen LogP contribution in [0.3, 0.4) is 0 Å². The van der Waals surface area contributed by atoms with Gasteiger partial charge in [-0.15, -0.1) is 0 Å². The van der Waals surface area contributed by atoms with Crippen LogP contribution >= 0.6 is 0 Å². The minimum atomic E-state index is -1.27. The molecule has 0 amide bonds. The van der Waals surface area contributed by atoms with Crippen molar-refractivity contribution in [3.8, 4) is 0 Å². The average Bonchev–Trinajstić information content (AvgIpc) is 2.37. The first-order chi connectivity index (χ1) is 9.41. The van der Waals surface area contributed by atoms with Gasteiger partial charge in [-0.05, 0) is 5.92 Å². The summed E-state index contributed by atoms with van der Waals surface area (Å²) in [5.74, 6) is -0.759. The number of carboxylic acid groups (broad SMARTS) is 1. The Morgan fingerprint density at radius 3 is 2.85 bits per heavy atom. The molecule has 0 bridgehead atoms. The molecule has 0 atom stereocenters. The summed E-state index contributed by atoms with van der Waals surface area (Å²) in [4.78, 5) is 24.7. The maximum Gasteiger partial charge on any atom is 0.339 e. The van der Waals surface area contributed by atoms with Crippen molar-refractivity contribution in [3.05, 3.63) is 27.9 Å². The van der Waals surface area contributed by atoms with Gasteiger partial charge in [0.05, 0.1) is 11.5 Å². The van der Waals surface area contributed by atoms with E-state index in [1.54, 1.807) is 0 Å². The molecule has 0 aliphatic heterocycles. The zero-order valence-corrected chi connectivity index (χ0v) is 11.3. The highest BCUT2D eigenvalue weighted by Gasteiger charge is 2.17. The average molecular weight is 283 g/mol. The van der Waals surface area contributed by atoms with E-state index in [9.17, 15) is 14.9 Å². The molecule has 0 fully saturated rings. The number of carbonyl (C=O) groups is 1. The largest absolute Gasteiger partial charge is 0.478 e. The molecule has 0 aliphatic rings. The van der Waals surface area contributed by atoms with Crippen molar-refractivity contribution in [1.82, 2.24) is 4.98 Å². The number of rotatable bonds is 8. The monoisotopic (exact) mass is 283 g/mol. The number of carboxylic acids is 1. The number of hydrogen-bond acceptors (Lipinski definition) is 6. The summed E-state index contributed by atoms with van der Waals surface area (Å²) >= 11 is 0. The Morgan fingerprint density at radius 1 is 1.60 bits per heavy atom. The van der Waals surface area contributed by atoms with Crippen LogP contribution in [0.5, 0.6) is 0 Å². The van der Waals surface area contributed by atoms with Crippen LogP contribution < -0.4 is 5.32 Å². The molecule has 0 saturated heterocycles. The Labute approximate surface area is 115 Å². The van der Waals surface area contributed by atoms with E-state index < -0.39 is 10.9 Å². The minimum absolute atomic E-state index is 0.0937. The van der Waals surface area contributed by atoms with Gasteiger partial charge in [-0.25, -0.2) is 9.78 Å². The van der Waals surface area contributed by atoms with Gasteiger partial charge in [-0.3, -0.25) is 10.1 Å². The molecule has 0 saturated carbocycles. The second kappa shape index (κ2) is 7.39. The number of pyridine rings is 1. The second-order valence-corrected chi connectivity index (χ2v) is 4.55. The van der Waals surface area contributed by atoms with Crippen molar-refractivity contribution < 1.29 is 19.6 Å².